The van der Waals surface area contributed by atoms with Crippen LogP contribution in [-0.4, -0.2) is 16.2 Å². The molecule has 0 spiro atoms. The Balaban J connectivity index is 2.58. The van der Waals surface area contributed by atoms with E-state index < -0.39 is 5.97 Å². The Kier molecular flexibility index (Phi) is 2.32. The van der Waals surface area contributed by atoms with Gasteiger partial charge in [0.2, 0.25) is 0 Å². The molecule has 2 rings (SSSR count). The van der Waals surface area contributed by atoms with Crippen LogP contribution >= 0.6 is 11.3 Å². The first kappa shape index (κ1) is 9.92. The second-order valence-corrected chi connectivity index (χ2v) is 4.47. The molecular formula is C10H9NO3S. The summed E-state index contributed by atoms with van der Waals surface area (Å²) in [7, 11) is 0. The van der Waals surface area contributed by atoms with Gasteiger partial charge in [-0.2, -0.15) is 0 Å². The molecule has 0 aliphatic rings. The summed E-state index contributed by atoms with van der Waals surface area (Å²) in [4.78, 5) is 12.9. The van der Waals surface area contributed by atoms with Crippen LogP contribution in [0.25, 0.3) is 10.6 Å². The summed E-state index contributed by atoms with van der Waals surface area (Å²) in [6.45, 7) is 3.56. The van der Waals surface area contributed by atoms with Crippen LogP contribution in [0, 0.1) is 13.8 Å². The Morgan fingerprint density at radius 1 is 1.47 bits per heavy atom. The Hall–Kier alpha value is -1.62. The molecule has 2 aromatic rings. The van der Waals surface area contributed by atoms with Crippen molar-refractivity contribution >= 4 is 17.3 Å². The molecule has 2 heterocycles. The SMILES string of the molecule is Cc1ccc(-c2noc(C)c2C(=O)O)s1. The zero-order valence-corrected chi connectivity index (χ0v) is 9.09. The summed E-state index contributed by atoms with van der Waals surface area (Å²) < 4.78 is 4.90. The van der Waals surface area contributed by atoms with Crippen LogP contribution in [0.15, 0.2) is 16.7 Å². The predicted octanol–water partition coefficient (Wildman–Crippen LogP) is 2.72. The molecule has 78 valence electrons. The smallest absolute Gasteiger partial charge is 0.341 e. The Morgan fingerprint density at radius 3 is 2.73 bits per heavy atom. The largest absolute Gasteiger partial charge is 0.477 e. The molecule has 15 heavy (non-hydrogen) atoms. The monoisotopic (exact) mass is 223 g/mol. The first-order valence-corrected chi connectivity index (χ1v) is 5.17. The minimum absolute atomic E-state index is 0.150. The Bertz CT molecular complexity index is 512. The van der Waals surface area contributed by atoms with E-state index in [0.29, 0.717) is 11.5 Å². The van der Waals surface area contributed by atoms with E-state index in [1.54, 1.807) is 6.92 Å². The molecule has 0 saturated heterocycles. The summed E-state index contributed by atoms with van der Waals surface area (Å²) in [5, 5.41) is 12.8. The predicted molar refractivity (Wildman–Crippen MR) is 56.2 cm³/mol. The molecule has 0 aliphatic carbocycles. The van der Waals surface area contributed by atoms with Gasteiger partial charge in [0.25, 0.3) is 0 Å². The standard InChI is InChI=1S/C10H9NO3S/c1-5-3-4-7(15-5)9-8(10(12)13)6(2)14-11-9/h3-4H,1-2H3,(H,12,13). The van der Waals surface area contributed by atoms with E-state index in [0.717, 1.165) is 9.75 Å². The number of nitrogens with zero attached hydrogens (tertiary/aromatic N) is 1. The number of aromatic carboxylic acids is 1. The third kappa shape index (κ3) is 1.66. The highest BCUT2D eigenvalue weighted by molar-refractivity contribution is 7.15. The lowest BCUT2D eigenvalue weighted by Gasteiger charge is -1.92. The van der Waals surface area contributed by atoms with Gasteiger partial charge < -0.3 is 9.63 Å². The summed E-state index contributed by atoms with van der Waals surface area (Å²) in [6, 6.07) is 3.78. The molecule has 1 N–H and O–H groups in total. The molecule has 0 bridgehead atoms. The number of carboxylic acid groups (broad SMARTS) is 1. The highest BCUT2D eigenvalue weighted by Gasteiger charge is 2.21. The molecule has 0 unspecified atom stereocenters. The van der Waals surface area contributed by atoms with Crippen LogP contribution in [-0.2, 0) is 0 Å². The second kappa shape index (κ2) is 3.51. The number of rotatable bonds is 2. The lowest BCUT2D eigenvalue weighted by Crippen LogP contribution is -1.98. The van der Waals surface area contributed by atoms with Crippen molar-refractivity contribution in [2.75, 3.05) is 0 Å². The maximum absolute atomic E-state index is 11.0. The van der Waals surface area contributed by atoms with Gasteiger partial charge in [-0.3, -0.25) is 0 Å². The van der Waals surface area contributed by atoms with Crippen molar-refractivity contribution in [3.05, 3.63) is 28.3 Å². The highest BCUT2D eigenvalue weighted by atomic mass is 32.1. The summed E-state index contributed by atoms with van der Waals surface area (Å²) >= 11 is 1.50. The second-order valence-electron chi connectivity index (χ2n) is 3.18. The van der Waals surface area contributed by atoms with Gasteiger partial charge in [0, 0.05) is 4.88 Å². The molecule has 2 aromatic heterocycles. The first-order chi connectivity index (χ1) is 7.09. The summed E-state index contributed by atoms with van der Waals surface area (Å²) in [5.74, 6) is -0.668. The molecule has 4 nitrogen and oxygen atoms in total. The van der Waals surface area contributed by atoms with E-state index in [9.17, 15) is 4.79 Å². The first-order valence-electron chi connectivity index (χ1n) is 4.36. The van der Waals surface area contributed by atoms with Crippen LogP contribution in [0.3, 0.4) is 0 Å². The van der Waals surface area contributed by atoms with Crippen molar-refractivity contribution in [3.63, 3.8) is 0 Å². The lowest BCUT2D eigenvalue weighted by atomic mass is 10.2. The molecule has 0 amide bonds. The average Bonchev–Trinajstić information content (AvgIpc) is 2.71. The number of carboxylic acids is 1. The number of thiophene rings is 1. The Morgan fingerprint density at radius 2 is 2.20 bits per heavy atom. The van der Waals surface area contributed by atoms with E-state index in [4.69, 9.17) is 9.63 Å². The molecule has 0 saturated carbocycles. The number of hydrogen-bond donors (Lipinski definition) is 1. The Labute approximate surface area is 90.1 Å². The molecular weight excluding hydrogens is 214 g/mol. The average molecular weight is 223 g/mol. The number of aromatic nitrogens is 1. The topological polar surface area (TPSA) is 63.3 Å². The number of hydrogen-bond acceptors (Lipinski definition) is 4. The van der Waals surface area contributed by atoms with Crippen molar-refractivity contribution in [1.82, 2.24) is 5.16 Å². The normalized spacial score (nSPS) is 10.5. The zero-order valence-electron chi connectivity index (χ0n) is 8.27. The molecule has 0 aliphatic heterocycles. The molecule has 5 heteroatoms. The van der Waals surface area contributed by atoms with E-state index in [1.807, 2.05) is 19.1 Å². The van der Waals surface area contributed by atoms with Crippen molar-refractivity contribution in [2.45, 2.75) is 13.8 Å². The van der Waals surface area contributed by atoms with Crippen LogP contribution in [0.4, 0.5) is 0 Å². The molecule has 0 radical (unpaired) electrons. The van der Waals surface area contributed by atoms with Crippen molar-refractivity contribution < 1.29 is 14.4 Å². The third-order valence-electron chi connectivity index (χ3n) is 2.05. The van der Waals surface area contributed by atoms with Crippen molar-refractivity contribution in [2.24, 2.45) is 0 Å². The minimum atomic E-state index is -1.00. The molecule has 0 atom stereocenters. The van der Waals surface area contributed by atoms with Crippen molar-refractivity contribution in [1.29, 1.82) is 0 Å². The van der Waals surface area contributed by atoms with Crippen molar-refractivity contribution in [3.8, 4) is 10.6 Å². The zero-order chi connectivity index (χ0) is 11.0. The van der Waals surface area contributed by atoms with Crippen LogP contribution < -0.4 is 0 Å². The van der Waals surface area contributed by atoms with Gasteiger partial charge in [-0.1, -0.05) is 5.16 Å². The fraction of sp³-hybridized carbons (Fsp3) is 0.200. The minimum Gasteiger partial charge on any atom is -0.477 e. The van der Waals surface area contributed by atoms with Crippen LogP contribution in [0.1, 0.15) is 21.0 Å². The van der Waals surface area contributed by atoms with Gasteiger partial charge in [0.15, 0.2) is 0 Å². The number of carbonyl (C=O) groups is 1. The van der Waals surface area contributed by atoms with Gasteiger partial charge in [-0.15, -0.1) is 11.3 Å². The van der Waals surface area contributed by atoms with Gasteiger partial charge >= 0.3 is 5.97 Å². The van der Waals surface area contributed by atoms with E-state index in [-0.39, 0.29) is 5.56 Å². The van der Waals surface area contributed by atoms with Gasteiger partial charge in [-0.25, -0.2) is 4.79 Å². The highest BCUT2D eigenvalue weighted by Crippen LogP contribution is 2.30. The number of aryl methyl sites for hydroxylation is 2. The fourth-order valence-electron chi connectivity index (χ4n) is 1.35. The van der Waals surface area contributed by atoms with Crippen LogP contribution in [0.5, 0.6) is 0 Å². The van der Waals surface area contributed by atoms with Gasteiger partial charge in [0.1, 0.15) is 17.0 Å². The third-order valence-corrected chi connectivity index (χ3v) is 3.06. The quantitative estimate of drug-likeness (QED) is 0.850. The molecule has 0 aromatic carbocycles. The van der Waals surface area contributed by atoms with E-state index in [1.165, 1.54) is 11.3 Å². The lowest BCUT2D eigenvalue weighted by molar-refractivity contribution is 0.0696. The van der Waals surface area contributed by atoms with E-state index >= 15 is 0 Å². The van der Waals surface area contributed by atoms with Gasteiger partial charge in [0.05, 0.1) is 4.88 Å². The maximum Gasteiger partial charge on any atom is 0.341 e. The summed E-state index contributed by atoms with van der Waals surface area (Å²) in [6.07, 6.45) is 0. The fourth-order valence-corrected chi connectivity index (χ4v) is 2.21. The van der Waals surface area contributed by atoms with E-state index in [2.05, 4.69) is 5.16 Å². The molecule has 0 fully saturated rings. The summed E-state index contributed by atoms with van der Waals surface area (Å²) in [5.41, 5.74) is 0.565. The maximum atomic E-state index is 11.0. The van der Waals surface area contributed by atoms with Gasteiger partial charge in [-0.05, 0) is 26.0 Å². The van der Waals surface area contributed by atoms with Crippen LogP contribution in [0.2, 0.25) is 0 Å².